The fourth-order valence-corrected chi connectivity index (χ4v) is 11.3. The van der Waals surface area contributed by atoms with E-state index < -0.39 is 0 Å². The molecule has 0 spiro atoms. The van der Waals surface area contributed by atoms with Crippen LogP contribution in [0.25, 0.3) is 77.9 Å². The maximum Gasteiger partial charge on any atom is 0.0540 e. The monoisotopic (exact) mass is 857 g/mol. The molecule has 10 aromatic rings. The second-order valence-corrected chi connectivity index (χ2v) is 19.3. The molecule has 0 unspecified atom stereocenters. The Kier molecular flexibility index (Phi) is 9.59. The molecule has 0 aromatic heterocycles. The van der Waals surface area contributed by atoms with E-state index >= 15 is 0 Å². The summed E-state index contributed by atoms with van der Waals surface area (Å²) in [7, 11) is 0. The highest BCUT2D eigenvalue weighted by atomic mass is 15.1. The van der Waals surface area contributed by atoms with Gasteiger partial charge in [-0.2, -0.15) is 0 Å². The maximum absolute atomic E-state index is 2.44. The fraction of sp³-hybridized carbons (Fsp3) is 0.0909. The molecule has 2 aliphatic carbocycles. The second-order valence-electron chi connectivity index (χ2n) is 19.3. The Morgan fingerprint density at radius 1 is 0.254 bits per heavy atom. The summed E-state index contributed by atoms with van der Waals surface area (Å²) in [5.74, 6) is 0. The number of para-hydroxylation sites is 1. The van der Waals surface area contributed by atoms with Crippen LogP contribution >= 0.6 is 0 Å². The predicted molar refractivity (Wildman–Crippen MR) is 283 cm³/mol. The van der Waals surface area contributed by atoms with Gasteiger partial charge < -0.3 is 4.90 Å². The molecule has 1 heteroatoms. The van der Waals surface area contributed by atoms with E-state index in [1.165, 1.54) is 89.0 Å². The van der Waals surface area contributed by atoms with E-state index in [9.17, 15) is 0 Å². The van der Waals surface area contributed by atoms with E-state index in [1.54, 1.807) is 0 Å². The lowest BCUT2D eigenvalue weighted by molar-refractivity contribution is 0.660. The van der Waals surface area contributed by atoms with Gasteiger partial charge in [-0.05, 0) is 137 Å². The van der Waals surface area contributed by atoms with Crippen molar-refractivity contribution in [1.29, 1.82) is 0 Å². The molecule has 0 radical (unpaired) electrons. The van der Waals surface area contributed by atoms with Crippen molar-refractivity contribution in [2.75, 3.05) is 4.90 Å². The van der Waals surface area contributed by atoms with Gasteiger partial charge in [0.2, 0.25) is 0 Å². The van der Waals surface area contributed by atoms with Crippen LogP contribution in [0.3, 0.4) is 0 Å². The Labute approximate surface area is 395 Å². The summed E-state index contributed by atoms with van der Waals surface area (Å²) in [6, 6.07) is 87.5. The number of hydrogen-bond acceptors (Lipinski definition) is 1. The highest BCUT2D eigenvalue weighted by molar-refractivity contribution is 5.94. The Morgan fingerprint density at radius 2 is 0.701 bits per heavy atom. The van der Waals surface area contributed by atoms with Crippen LogP contribution < -0.4 is 4.90 Å². The van der Waals surface area contributed by atoms with Crippen LogP contribution in [-0.4, -0.2) is 0 Å². The van der Waals surface area contributed by atoms with Crippen molar-refractivity contribution in [2.45, 2.75) is 38.5 Å². The third kappa shape index (κ3) is 6.68. The van der Waals surface area contributed by atoms with Gasteiger partial charge >= 0.3 is 0 Å². The minimum Gasteiger partial charge on any atom is -0.310 e. The van der Waals surface area contributed by atoms with Gasteiger partial charge in [-0.25, -0.2) is 0 Å². The molecule has 0 amide bonds. The van der Waals surface area contributed by atoms with Crippen LogP contribution in [0, 0.1) is 0 Å². The summed E-state index contributed by atoms with van der Waals surface area (Å²) in [6.07, 6.45) is 0. The van der Waals surface area contributed by atoms with E-state index in [0.717, 1.165) is 28.2 Å². The van der Waals surface area contributed by atoms with Gasteiger partial charge in [-0.15, -0.1) is 0 Å². The van der Waals surface area contributed by atoms with Crippen molar-refractivity contribution >= 4 is 17.1 Å². The Morgan fingerprint density at radius 3 is 1.37 bits per heavy atom. The minimum absolute atomic E-state index is 0.0617. The van der Waals surface area contributed by atoms with E-state index in [4.69, 9.17) is 0 Å². The topological polar surface area (TPSA) is 3.24 Å². The maximum atomic E-state index is 2.44. The summed E-state index contributed by atoms with van der Waals surface area (Å²) in [6.45, 7) is 9.45. The molecule has 0 heterocycles. The highest BCUT2D eigenvalue weighted by Crippen LogP contribution is 2.53. The summed E-state index contributed by atoms with van der Waals surface area (Å²) < 4.78 is 0. The fourth-order valence-electron chi connectivity index (χ4n) is 11.3. The van der Waals surface area contributed by atoms with Crippen LogP contribution in [0.2, 0.25) is 0 Å². The molecule has 0 fully saturated rings. The van der Waals surface area contributed by atoms with Gasteiger partial charge in [-0.1, -0.05) is 222 Å². The Balaban J connectivity index is 0.984. The summed E-state index contributed by atoms with van der Waals surface area (Å²) in [4.78, 5) is 2.44. The van der Waals surface area contributed by atoms with Crippen LogP contribution in [0.15, 0.2) is 237 Å². The molecule has 10 aromatic carbocycles. The molecule has 67 heavy (non-hydrogen) atoms. The minimum atomic E-state index is -0.110. The van der Waals surface area contributed by atoms with Crippen molar-refractivity contribution < 1.29 is 0 Å². The zero-order chi connectivity index (χ0) is 45.3. The lowest BCUT2D eigenvalue weighted by Crippen LogP contribution is -2.16. The van der Waals surface area contributed by atoms with Crippen LogP contribution in [0.1, 0.15) is 49.9 Å². The number of anilines is 3. The Bertz CT molecular complexity index is 3480. The molecular formula is C66H51N. The van der Waals surface area contributed by atoms with Crippen molar-refractivity contribution in [1.82, 2.24) is 0 Å². The predicted octanol–water partition coefficient (Wildman–Crippen LogP) is 18.1. The quantitative estimate of drug-likeness (QED) is 0.147. The molecule has 0 bridgehead atoms. The molecule has 12 rings (SSSR count). The van der Waals surface area contributed by atoms with Gasteiger partial charge in [0.15, 0.2) is 0 Å². The first kappa shape index (κ1) is 40.5. The molecule has 0 saturated heterocycles. The highest BCUT2D eigenvalue weighted by Gasteiger charge is 2.38. The average molecular weight is 858 g/mol. The number of hydrogen-bond donors (Lipinski definition) is 0. The van der Waals surface area contributed by atoms with Crippen molar-refractivity contribution in [2.24, 2.45) is 0 Å². The summed E-state index contributed by atoms with van der Waals surface area (Å²) >= 11 is 0. The van der Waals surface area contributed by atoms with Crippen LogP contribution in [0.5, 0.6) is 0 Å². The smallest absolute Gasteiger partial charge is 0.0540 e. The van der Waals surface area contributed by atoms with Gasteiger partial charge in [-0.3, -0.25) is 0 Å². The van der Waals surface area contributed by atoms with E-state index in [2.05, 4.69) is 269 Å². The molecular weight excluding hydrogens is 807 g/mol. The van der Waals surface area contributed by atoms with E-state index in [-0.39, 0.29) is 10.8 Å². The normalized spacial score (nSPS) is 13.6. The van der Waals surface area contributed by atoms with E-state index in [0.29, 0.717) is 0 Å². The van der Waals surface area contributed by atoms with Crippen molar-refractivity contribution in [3.63, 3.8) is 0 Å². The molecule has 0 atom stereocenters. The summed E-state index contributed by atoms with van der Waals surface area (Å²) in [5, 5.41) is 0. The standard InChI is InChI=1S/C66H51N/c1-65(2)60-27-14-11-23-55(60)57-41-34-48(43-62(57)65)44-30-36-50(37-31-44)67(51-38-32-47(33-39-51)54-25-17-26-58-56-24-12-15-28-61(56)66(3,4)64(54)58)63-29-16-13-22-53(63)49-35-40-52(45-18-7-5-8-19-45)59(42-49)46-20-9-6-10-21-46/h5-43H,1-4H3. The molecule has 320 valence electrons. The third-order valence-corrected chi connectivity index (χ3v) is 14.7. The zero-order valence-corrected chi connectivity index (χ0v) is 38.5. The van der Waals surface area contributed by atoms with Gasteiger partial charge in [0.1, 0.15) is 0 Å². The molecule has 0 saturated carbocycles. The van der Waals surface area contributed by atoms with Gasteiger partial charge in [0.05, 0.1) is 5.69 Å². The SMILES string of the molecule is CC1(C)c2ccccc2-c2ccc(-c3ccc(N(c4ccc(-c5cccc6c5C(C)(C)c5ccccc5-6)cc4)c4ccccc4-c4ccc(-c5ccccc5)c(-c5ccccc5)c4)cc3)cc21. The number of benzene rings is 10. The lowest BCUT2D eigenvalue weighted by atomic mass is 9.79. The first-order chi connectivity index (χ1) is 32.8. The average Bonchev–Trinajstić information content (AvgIpc) is 3.76. The van der Waals surface area contributed by atoms with Crippen LogP contribution in [0.4, 0.5) is 17.1 Å². The molecule has 0 N–H and O–H groups in total. The first-order valence-corrected chi connectivity index (χ1v) is 23.6. The van der Waals surface area contributed by atoms with Crippen LogP contribution in [-0.2, 0) is 10.8 Å². The van der Waals surface area contributed by atoms with Crippen molar-refractivity contribution in [3.8, 4) is 77.9 Å². The van der Waals surface area contributed by atoms with Gasteiger partial charge in [0.25, 0.3) is 0 Å². The molecule has 0 aliphatic heterocycles. The van der Waals surface area contributed by atoms with Crippen molar-refractivity contribution in [3.05, 3.63) is 259 Å². The van der Waals surface area contributed by atoms with Gasteiger partial charge in [0, 0.05) is 27.8 Å². The third-order valence-electron chi connectivity index (χ3n) is 14.7. The number of rotatable bonds is 8. The largest absolute Gasteiger partial charge is 0.310 e. The first-order valence-electron chi connectivity index (χ1n) is 23.6. The number of nitrogens with zero attached hydrogens (tertiary/aromatic N) is 1. The lowest BCUT2D eigenvalue weighted by Gasteiger charge is -2.29. The molecule has 2 aliphatic rings. The molecule has 1 nitrogen and oxygen atoms in total. The summed E-state index contributed by atoms with van der Waals surface area (Å²) in [5.41, 5.74) is 26.2. The number of fused-ring (bicyclic) bond motifs is 6. The second kappa shape index (κ2) is 15.9. The zero-order valence-electron chi connectivity index (χ0n) is 38.5. The Hall–Kier alpha value is -8.00. The van der Waals surface area contributed by atoms with E-state index in [1.807, 2.05) is 0 Å².